The van der Waals surface area contributed by atoms with E-state index in [1.165, 1.54) is 0 Å². The molecule has 0 atom stereocenters. The minimum absolute atomic E-state index is 0.0521. The third-order valence-corrected chi connectivity index (χ3v) is 2.61. The van der Waals surface area contributed by atoms with Gasteiger partial charge in [-0.05, 0) is 25.1 Å². The average Bonchev–Trinajstić information content (AvgIpc) is 2.31. The largest absolute Gasteiger partial charge is 0.355 e. The smallest absolute Gasteiger partial charge is 0.234 e. The van der Waals surface area contributed by atoms with Crippen molar-refractivity contribution >= 4 is 17.5 Å². The summed E-state index contributed by atoms with van der Waals surface area (Å²) < 4.78 is 0. The van der Waals surface area contributed by atoms with E-state index < -0.39 is 0 Å². The first kappa shape index (κ1) is 13.9. The summed E-state index contributed by atoms with van der Waals surface area (Å²) in [4.78, 5) is 17.5. The maximum absolute atomic E-state index is 11.5. The second-order valence-corrected chi connectivity index (χ2v) is 4.13. The molecule has 1 heterocycles. The number of nitrogens with one attached hydrogen (secondary N) is 1. The number of amides is 1. The number of aromatic nitrogens is 1. The molecule has 0 aliphatic heterocycles. The highest BCUT2D eigenvalue weighted by Gasteiger charge is 2.08. The lowest BCUT2D eigenvalue weighted by molar-refractivity contribution is -0.122. The van der Waals surface area contributed by atoms with Gasteiger partial charge in [-0.3, -0.25) is 9.69 Å². The number of likely N-dealkylation sites (N-methyl/N-ethyl adjacent to an activating group) is 2. The fourth-order valence-electron chi connectivity index (χ4n) is 1.49. The lowest BCUT2D eigenvalue weighted by Crippen LogP contribution is -2.36. The van der Waals surface area contributed by atoms with Crippen molar-refractivity contribution in [3.63, 3.8) is 0 Å². The molecular formula is C12H18ClN3O. The number of pyridine rings is 1. The highest BCUT2D eigenvalue weighted by Crippen LogP contribution is 2.07. The van der Waals surface area contributed by atoms with Crippen LogP contribution in [0.15, 0.2) is 18.3 Å². The Bertz CT molecular complexity index is 353. The minimum atomic E-state index is 0.0521. The van der Waals surface area contributed by atoms with Gasteiger partial charge in [0.1, 0.15) is 5.15 Å². The van der Waals surface area contributed by atoms with Gasteiger partial charge in [0.25, 0.3) is 0 Å². The molecule has 0 aliphatic carbocycles. The van der Waals surface area contributed by atoms with Crippen molar-refractivity contribution in [3.8, 4) is 0 Å². The summed E-state index contributed by atoms with van der Waals surface area (Å²) >= 11 is 5.72. The van der Waals surface area contributed by atoms with Gasteiger partial charge < -0.3 is 5.32 Å². The Morgan fingerprint density at radius 1 is 1.47 bits per heavy atom. The van der Waals surface area contributed by atoms with Crippen molar-refractivity contribution in [1.82, 2.24) is 15.2 Å². The zero-order valence-corrected chi connectivity index (χ0v) is 11.0. The van der Waals surface area contributed by atoms with Crippen LogP contribution < -0.4 is 5.32 Å². The number of halogens is 1. The standard InChI is InChI=1S/C12H18ClN3O/c1-3-14-12(17)9-16(4-2)8-10-5-6-11(13)15-7-10/h5-7H,3-4,8-9H2,1-2H3,(H,14,17). The quantitative estimate of drug-likeness (QED) is 0.787. The first-order chi connectivity index (χ1) is 8.15. The Kier molecular flexibility index (Phi) is 5.94. The van der Waals surface area contributed by atoms with Crippen LogP contribution in [0.25, 0.3) is 0 Å². The van der Waals surface area contributed by atoms with Crippen LogP contribution >= 0.6 is 11.6 Å². The lowest BCUT2D eigenvalue weighted by atomic mass is 10.2. The summed E-state index contributed by atoms with van der Waals surface area (Å²) in [5, 5.41) is 3.27. The molecule has 1 aromatic heterocycles. The molecule has 4 nitrogen and oxygen atoms in total. The molecule has 0 bridgehead atoms. The van der Waals surface area contributed by atoms with Crippen molar-refractivity contribution in [2.45, 2.75) is 20.4 Å². The van der Waals surface area contributed by atoms with E-state index in [1.54, 1.807) is 12.3 Å². The van der Waals surface area contributed by atoms with E-state index in [1.807, 2.05) is 19.9 Å². The molecule has 0 radical (unpaired) electrons. The summed E-state index contributed by atoms with van der Waals surface area (Å²) in [6.45, 7) is 6.54. The van der Waals surface area contributed by atoms with Crippen LogP contribution in [0.1, 0.15) is 19.4 Å². The Morgan fingerprint density at radius 2 is 2.24 bits per heavy atom. The van der Waals surface area contributed by atoms with Crippen molar-refractivity contribution in [3.05, 3.63) is 29.0 Å². The molecule has 0 aromatic carbocycles. The molecule has 1 rings (SSSR count). The molecule has 5 heteroatoms. The van der Waals surface area contributed by atoms with Gasteiger partial charge in [0.2, 0.25) is 5.91 Å². The fourth-order valence-corrected chi connectivity index (χ4v) is 1.61. The Labute approximate surface area is 107 Å². The van der Waals surface area contributed by atoms with Crippen LogP contribution in [0.5, 0.6) is 0 Å². The number of carbonyl (C=O) groups excluding carboxylic acids is 1. The highest BCUT2D eigenvalue weighted by atomic mass is 35.5. The van der Waals surface area contributed by atoms with E-state index in [2.05, 4.69) is 15.2 Å². The van der Waals surface area contributed by atoms with Gasteiger partial charge in [0.15, 0.2) is 0 Å². The number of nitrogens with zero attached hydrogens (tertiary/aromatic N) is 2. The van der Waals surface area contributed by atoms with Crippen LogP contribution in [-0.4, -0.2) is 35.4 Å². The van der Waals surface area contributed by atoms with Crippen molar-refractivity contribution < 1.29 is 4.79 Å². The molecule has 0 saturated carbocycles. The summed E-state index contributed by atoms with van der Waals surface area (Å²) in [5.74, 6) is 0.0521. The van der Waals surface area contributed by atoms with Gasteiger partial charge in [-0.25, -0.2) is 4.98 Å². The van der Waals surface area contributed by atoms with Gasteiger partial charge in [-0.2, -0.15) is 0 Å². The third-order valence-electron chi connectivity index (χ3n) is 2.38. The van der Waals surface area contributed by atoms with Crippen LogP contribution in [0.3, 0.4) is 0 Å². The number of rotatable bonds is 6. The van der Waals surface area contributed by atoms with Crippen LogP contribution in [0.2, 0.25) is 5.15 Å². The van der Waals surface area contributed by atoms with E-state index in [0.29, 0.717) is 24.8 Å². The fraction of sp³-hybridized carbons (Fsp3) is 0.500. The third kappa shape index (κ3) is 5.15. The molecule has 0 unspecified atom stereocenters. The number of carbonyl (C=O) groups is 1. The molecule has 0 spiro atoms. The molecule has 17 heavy (non-hydrogen) atoms. The average molecular weight is 256 g/mol. The summed E-state index contributed by atoms with van der Waals surface area (Å²) in [5.41, 5.74) is 1.06. The molecular weight excluding hydrogens is 238 g/mol. The Morgan fingerprint density at radius 3 is 2.76 bits per heavy atom. The molecule has 0 fully saturated rings. The van der Waals surface area contributed by atoms with E-state index in [9.17, 15) is 4.79 Å². The van der Waals surface area contributed by atoms with E-state index >= 15 is 0 Å². The van der Waals surface area contributed by atoms with Crippen LogP contribution in [-0.2, 0) is 11.3 Å². The molecule has 0 saturated heterocycles. The van der Waals surface area contributed by atoms with Crippen LogP contribution in [0.4, 0.5) is 0 Å². The topological polar surface area (TPSA) is 45.2 Å². The van der Waals surface area contributed by atoms with Crippen molar-refractivity contribution in [1.29, 1.82) is 0 Å². The van der Waals surface area contributed by atoms with Crippen molar-refractivity contribution in [2.24, 2.45) is 0 Å². The monoisotopic (exact) mass is 255 g/mol. The second kappa shape index (κ2) is 7.25. The Balaban J connectivity index is 2.51. The number of hydrogen-bond donors (Lipinski definition) is 1. The molecule has 1 N–H and O–H groups in total. The minimum Gasteiger partial charge on any atom is -0.355 e. The normalized spacial score (nSPS) is 10.6. The summed E-state index contributed by atoms with van der Waals surface area (Å²) in [6.07, 6.45) is 1.74. The molecule has 1 aromatic rings. The van der Waals surface area contributed by atoms with Gasteiger partial charge in [-0.1, -0.05) is 24.6 Å². The van der Waals surface area contributed by atoms with Gasteiger partial charge in [0.05, 0.1) is 6.54 Å². The predicted octanol–water partition coefficient (Wildman–Crippen LogP) is 1.69. The van der Waals surface area contributed by atoms with E-state index in [4.69, 9.17) is 11.6 Å². The van der Waals surface area contributed by atoms with E-state index in [0.717, 1.165) is 12.1 Å². The summed E-state index contributed by atoms with van der Waals surface area (Å²) in [6, 6.07) is 3.69. The Hall–Kier alpha value is -1.13. The van der Waals surface area contributed by atoms with Gasteiger partial charge in [-0.15, -0.1) is 0 Å². The zero-order chi connectivity index (χ0) is 12.7. The maximum Gasteiger partial charge on any atom is 0.234 e. The lowest BCUT2D eigenvalue weighted by Gasteiger charge is -2.19. The SMILES string of the molecule is CCNC(=O)CN(CC)Cc1ccc(Cl)nc1. The summed E-state index contributed by atoms with van der Waals surface area (Å²) in [7, 11) is 0. The van der Waals surface area contributed by atoms with Crippen molar-refractivity contribution in [2.75, 3.05) is 19.6 Å². The second-order valence-electron chi connectivity index (χ2n) is 3.75. The maximum atomic E-state index is 11.5. The van der Waals surface area contributed by atoms with Crippen LogP contribution in [0, 0.1) is 0 Å². The first-order valence-electron chi connectivity index (χ1n) is 5.75. The number of hydrogen-bond acceptors (Lipinski definition) is 3. The first-order valence-corrected chi connectivity index (χ1v) is 6.13. The van der Waals surface area contributed by atoms with E-state index in [-0.39, 0.29) is 5.91 Å². The zero-order valence-electron chi connectivity index (χ0n) is 10.2. The highest BCUT2D eigenvalue weighted by molar-refractivity contribution is 6.29. The molecule has 94 valence electrons. The predicted molar refractivity (Wildman–Crippen MR) is 68.9 cm³/mol. The molecule has 1 amide bonds. The van der Waals surface area contributed by atoms with Gasteiger partial charge in [0, 0.05) is 19.3 Å². The molecule has 0 aliphatic rings. The van der Waals surface area contributed by atoms with Gasteiger partial charge >= 0.3 is 0 Å².